The zero-order valence-corrected chi connectivity index (χ0v) is 17.3. The fraction of sp³-hybridized carbons (Fsp3) is 0.435. The number of amides is 1. The molecule has 1 fully saturated rings. The number of hydrogen-bond donors (Lipinski definition) is 0. The van der Waals surface area contributed by atoms with Crippen LogP contribution >= 0.6 is 0 Å². The minimum absolute atomic E-state index is 0.0886. The summed E-state index contributed by atoms with van der Waals surface area (Å²) < 4.78 is 46.7. The van der Waals surface area contributed by atoms with Crippen LogP contribution in [0.4, 0.5) is 8.78 Å². The molecule has 0 aliphatic carbocycles. The third kappa shape index (κ3) is 4.68. The van der Waals surface area contributed by atoms with E-state index in [-0.39, 0.29) is 30.1 Å². The van der Waals surface area contributed by atoms with Crippen molar-refractivity contribution in [1.29, 1.82) is 0 Å². The summed E-state index contributed by atoms with van der Waals surface area (Å²) in [6, 6.07) is 10.0. The van der Waals surface area contributed by atoms with Crippen LogP contribution in [0.15, 0.2) is 36.4 Å². The normalized spacial score (nSPS) is 18.1. The molecule has 2 aromatic rings. The van der Waals surface area contributed by atoms with Crippen molar-refractivity contribution in [2.75, 3.05) is 26.4 Å². The predicted molar refractivity (Wildman–Crippen MR) is 109 cm³/mol. The highest BCUT2D eigenvalue weighted by Crippen LogP contribution is 2.39. The lowest BCUT2D eigenvalue weighted by molar-refractivity contribution is -0.0514. The summed E-state index contributed by atoms with van der Waals surface area (Å²) in [4.78, 5) is 15.1. The van der Waals surface area contributed by atoms with Crippen LogP contribution in [0.25, 0.3) is 0 Å². The van der Waals surface area contributed by atoms with Gasteiger partial charge in [0.05, 0.1) is 25.9 Å². The maximum atomic E-state index is 13.3. The van der Waals surface area contributed by atoms with Crippen molar-refractivity contribution in [2.45, 2.75) is 38.8 Å². The van der Waals surface area contributed by atoms with Crippen molar-refractivity contribution in [3.63, 3.8) is 0 Å². The first-order valence-electron chi connectivity index (χ1n) is 10.5. The first kappa shape index (κ1) is 21.2. The maximum absolute atomic E-state index is 13.3. The van der Waals surface area contributed by atoms with Gasteiger partial charge >= 0.3 is 6.61 Å². The van der Waals surface area contributed by atoms with E-state index in [0.717, 1.165) is 24.8 Å². The molecule has 0 spiro atoms. The molecule has 2 aliphatic rings. The van der Waals surface area contributed by atoms with E-state index in [1.807, 2.05) is 18.2 Å². The second-order valence-electron chi connectivity index (χ2n) is 7.39. The van der Waals surface area contributed by atoms with E-state index in [0.29, 0.717) is 36.8 Å². The fourth-order valence-electron chi connectivity index (χ4n) is 4.01. The summed E-state index contributed by atoms with van der Waals surface area (Å²) in [7, 11) is 0. The Morgan fingerprint density at radius 1 is 1.10 bits per heavy atom. The Hall–Kier alpha value is -3.03. The van der Waals surface area contributed by atoms with Gasteiger partial charge in [0.2, 0.25) is 0 Å². The van der Waals surface area contributed by atoms with E-state index in [4.69, 9.17) is 14.2 Å². The molecule has 8 heteroatoms. The average molecular weight is 433 g/mol. The van der Waals surface area contributed by atoms with Gasteiger partial charge in [-0.15, -0.1) is 0 Å². The van der Waals surface area contributed by atoms with Crippen molar-refractivity contribution < 1.29 is 32.5 Å². The van der Waals surface area contributed by atoms with Gasteiger partial charge in [-0.25, -0.2) is 0 Å². The van der Waals surface area contributed by atoms with Gasteiger partial charge in [0, 0.05) is 18.5 Å². The highest BCUT2D eigenvalue weighted by molar-refractivity contribution is 5.95. The predicted octanol–water partition coefficient (Wildman–Crippen LogP) is 4.83. The van der Waals surface area contributed by atoms with Crippen LogP contribution in [0.5, 0.6) is 23.0 Å². The molecule has 1 atom stereocenters. The van der Waals surface area contributed by atoms with Crippen LogP contribution in [-0.4, -0.2) is 43.8 Å². The Morgan fingerprint density at radius 2 is 1.90 bits per heavy atom. The van der Waals surface area contributed by atoms with E-state index in [9.17, 15) is 13.6 Å². The SMILES string of the molecule is CCOc1cc(C(=O)N2CCC[C@H]2c2ccc3c(c2)OCCCO3)ccc1OC(F)F. The van der Waals surface area contributed by atoms with E-state index >= 15 is 0 Å². The molecular formula is C23H25F2NO5. The molecule has 6 nitrogen and oxygen atoms in total. The lowest BCUT2D eigenvalue weighted by atomic mass is 10.0. The van der Waals surface area contributed by atoms with E-state index < -0.39 is 6.61 Å². The van der Waals surface area contributed by atoms with Crippen molar-refractivity contribution in [3.05, 3.63) is 47.5 Å². The number of ether oxygens (including phenoxy) is 4. The molecule has 0 unspecified atom stereocenters. The topological polar surface area (TPSA) is 57.2 Å². The number of fused-ring (bicyclic) bond motifs is 1. The molecule has 0 radical (unpaired) electrons. The number of rotatable bonds is 6. The van der Waals surface area contributed by atoms with Gasteiger partial charge < -0.3 is 23.8 Å². The summed E-state index contributed by atoms with van der Waals surface area (Å²) in [6.07, 6.45) is 2.53. The highest BCUT2D eigenvalue weighted by atomic mass is 19.3. The molecule has 0 bridgehead atoms. The molecule has 0 N–H and O–H groups in total. The van der Waals surface area contributed by atoms with Crippen LogP contribution in [-0.2, 0) is 0 Å². The van der Waals surface area contributed by atoms with E-state index in [2.05, 4.69) is 4.74 Å². The van der Waals surface area contributed by atoms with Crippen LogP contribution in [0, 0.1) is 0 Å². The van der Waals surface area contributed by atoms with Crippen molar-refractivity contribution >= 4 is 5.91 Å². The molecule has 2 aromatic carbocycles. The Kier molecular flexibility index (Phi) is 6.44. The smallest absolute Gasteiger partial charge is 0.387 e. The van der Waals surface area contributed by atoms with E-state index in [1.54, 1.807) is 11.8 Å². The van der Waals surface area contributed by atoms with Crippen LogP contribution in [0.1, 0.15) is 48.1 Å². The van der Waals surface area contributed by atoms with Crippen molar-refractivity contribution in [3.8, 4) is 23.0 Å². The summed E-state index contributed by atoms with van der Waals surface area (Å²) in [5, 5.41) is 0. The maximum Gasteiger partial charge on any atom is 0.387 e. The average Bonchev–Trinajstić information content (AvgIpc) is 3.13. The number of hydrogen-bond acceptors (Lipinski definition) is 5. The largest absolute Gasteiger partial charge is 0.490 e. The summed E-state index contributed by atoms with van der Waals surface area (Å²) >= 11 is 0. The van der Waals surface area contributed by atoms with Gasteiger partial charge in [0.15, 0.2) is 23.0 Å². The standard InChI is InChI=1S/C23H25F2NO5/c1-2-28-21-14-16(7-9-19(21)31-23(24)25)22(27)26-10-3-5-17(26)15-6-8-18-20(13-15)30-12-4-11-29-18/h6-9,13-14,17,23H,2-5,10-12H2,1H3/t17-/m0/s1. The molecule has 0 saturated carbocycles. The molecule has 1 saturated heterocycles. The Morgan fingerprint density at radius 3 is 2.68 bits per heavy atom. The second kappa shape index (κ2) is 9.41. The van der Waals surface area contributed by atoms with Crippen molar-refractivity contribution in [2.24, 2.45) is 0 Å². The van der Waals surface area contributed by atoms with Gasteiger partial charge in [-0.3, -0.25) is 4.79 Å². The van der Waals surface area contributed by atoms with Crippen LogP contribution < -0.4 is 18.9 Å². The van der Waals surface area contributed by atoms with Crippen LogP contribution in [0.2, 0.25) is 0 Å². The van der Waals surface area contributed by atoms with Gasteiger partial charge in [-0.2, -0.15) is 8.78 Å². The van der Waals surface area contributed by atoms with Crippen molar-refractivity contribution in [1.82, 2.24) is 4.90 Å². The third-order valence-electron chi connectivity index (χ3n) is 5.38. The Balaban J connectivity index is 1.58. The minimum Gasteiger partial charge on any atom is -0.490 e. The number of carbonyl (C=O) groups excluding carboxylic acids is 1. The van der Waals surface area contributed by atoms with Gasteiger partial charge in [-0.05, 0) is 55.7 Å². The van der Waals surface area contributed by atoms with Crippen LogP contribution in [0.3, 0.4) is 0 Å². The molecule has 0 aromatic heterocycles. The summed E-state index contributed by atoms with van der Waals surface area (Å²) in [5.74, 6) is 1.27. The second-order valence-corrected chi connectivity index (χ2v) is 7.39. The van der Waals surface area contributed by atoms with Gasteiger partial charge in [-0.1, -0.05) is 6.07 Å². The minimum atomic E-state index is -2.97. The number of carbonyl (C=O) groups is 1. The molecule has 2 aliphatic heterocycles. The number of alkyl halides is 2. The number of nitrogens with zero attached hydrogens (tertiary/aromatic N) is 1. The molecule has 1 amide bonds. The van der Waals surface area contributed by atoms with Gasteiger partial charge in [0.1, 0.15) is 0 Å². The molecular weight excluding hydrogens is 408 g/mol. The summed E-state index contributed by atoms with van der Waals surface area (Å²) in [6.45, 7) is 0.854. The lowest BCUT2D eigenvalue weighted by Crippen LogP contribution is -2.30. The monoisotopic (exact) mass is 433 g/mol. The number of likely N-dealkylation sites (tertiary alicyclic amines) is 1. The molecule has 4 rings (SSSR count). The number of benzene rings is 2. The fourth-order valence-corrected chi connectivity index (χ4v) is 4.01. The quantitative estimate of drug-likeness (QED) is 0.654. The Bertz CT molecular complexity index is 936. The lowest BCUT2D eigenvalue weighted by Gasteiger charge is -2.26. The first-order chi connectivity index (χ1) is 15.1. The molecule has 31 heavy (non-hydrogen) atoms. The van der Waals surface area contributed by atoms with E-state index in [1.165, 1.54) is 18.2 Å². The molecule has 2 heterocycles. The third-order valence-corrected chi connectivity index (χ3v) is 5.38. The van der Waals surface area contributed by atoms with Gasteiger partial charge in [0.25, 0.3) is 5.91 Å². The molecule has 166 valence electrons. The summed E-state index contributed by atoms with van der Waals surface area (Å²) in [5.41, 5.74) is 1.35. The zero-order chi connectivity index (χ0) is 21.8. The Labute approximate surface area is 179 Å². The zero-order valence-electron chi connectivity index (χ0n) is 17.3. The first-order valence-corrected chi connectivity index (χ1v) is 10.5. The highest BCUT2D eigenvalue weighted by Gasteiger charge is 2.32. The number of halogens is 2.